The number of nitrogens with zero attached hydrogens (tertiary/aromatic N) is 3. The highest BCUT2D eigenvalue weighted by atomic mass is 19.1. The molecule has 1 aromatic carbocycles. The lowest BCUT2D eigenvalue weighted by Gasteiger charge is -2.28. The molecule has 1 N–H and O–H groups in total. The molecule has 0 aliphatic carbocycles. The van der Waals surface area contributed by atoms with E-state index in [1.807, 2.05) is 0 Å². The maximum Gasteiger partial charge on any atom is 0.137 e. The molecule has 4 nitrogen and oxygen atoms in total. The molecule has 2 rings (SSSR count). The van der Waals surface area contributed by atoms with Gasteiger partial charge in [0.05, 0.1) is 6.54 Å². The van der Waals surface area contributed by atoms with E-state index >= 15 is 0 Å². The Hall–Kier alpha value is -1.75. The standard InChI is InChI=1S/C16H22FN3O/c1-2-3-4-5-10-16(21,11-20-13-18-12-19-20)14-6-8-15(17)9-7-14/h6-9,12-13,21H,2-5,10-11H2,1H3. The summed E-state index contributed by atoms with van der Waals surface area (Å²) in [5.74, 6) is -0.298. The Morgan fingerprint density at radius 1 is 1.19 bits per heavy atom. The minimum Gasteiger partial charge on any atom is -0.383 e. The Labute approximate surface area is 124 Å². The van der Waals surface area contributed by atoms with Crippen LogP contribution in [0.5, 0.6) is 0 Å². The molecule has 114 valence electrons. The summed E-state index contributed by atoms with van der Waals surface area (Å²) >= 11 is 0. The van der Waals surface area contributed by atoms with Gasteiger partial charge in [-0.1, -0.05) is 44.7 Å². The van der Waals surface area contributed by atoms with Crippen LogP contribution in [0.1, 0.15) is 44.6 Å². The van der Waals surface area contributed by atoms with Gasteiger partial charge in [-0.3, -0.25) is 0 Å². The van der Waals surface area contributed by atoms with Crippen LogP contribution in [0.25, 0.3) is 0 Å². The first kappa shape index (κ1) is 15.6. The summed E-state index contributed by atoms with van der Waals surface area (Å²) in [4.78, 5) is 3.90. The number of aromatic nitrogens is 3. The molecule has 0 fully saturated rings. The van der Waals surface area contributed by atoms with Crippen molar-refractivity contribution >= 4 is 0 Å². The quantitative estimate of drug-likeness (QED) is 0.759. The van der Waals surface area contributed by atoms with Gasteiger partial charge in [0, 0.05) is 0 Å². The number of hydrogen-bond donors (Lipinski definition) is 1. The first-order chi connectivity index (χ1) is 10.1. The summed E-state index contributed by atoms with van der Waals surface area (Å²) in [5, 5.41) is 15.1. The van der Waals surface area contributed by atoms with Crippen molar-refractivity contribution in [3.8, 4) is 0 Å². The molecule has 1 heterocycles. The normalized spacial score (nSPS) is 14.0. The van der Waals surface area contributed by atoms with E-state index in [-0.39, 0.29) is 5.82 Å². The third kappa shape index (κ3) is 4.36. The van der Waals surface area contributed by atoms with Crippen molar-refractivity contribution in [2.24, 2.45) is 0 Å². The second-order valence-corrected chi connectivity index (χ2v) is 5.44. The SMILES string of the molecule is CCCCCCC(O)(Cn1cncn1)c1ccc(F)cc1. The topological polar surface area (TPSA) is 50.9 Å². The zero-order valence-corrected chi connectivity index (χ0v) is 12.4. The van der Waals surface area contributed by atoms with E-state index in [1.54, 1.807) is 23.1 Å². The van der Waals surface area contributed by atoms with E-state index in [9.17, 15) is 9.50 Å². The van der Waals surface area contributed by atoms with Crippen LogP contribution >= 0.6 is 0 Å². The summed E-state index contributed by atoms with van der Waals surface area (Å²) in [7, 11) is 0. The van der Waals surface area contributed by atoms with Crippen LogP contribution in [0, 0.1) is 5.82 Å². The average molecular weight is 291 g/mol. The molecule has 0 aliphatic heterocycles. The highest BCUT2D eigenvalue weighted by Crippen LogP contribution is 2.29. The fourth-order valence-corrected chi connectivity index (χ4v) is 2.50. The van der Waals surface area contributed by atoms with Crippen molar-refractivity contribution in [2.45, 2.75) is 51.2 Å². The molecule has 2 aromatic rings. The largest absolute Gasteiger partial charge is 0.383 e. The maximum atomic E-state index is 13.1. The van der Waals surface area contributed by atoms with Crippen molar-refractivity contribution in [3.63, 3.8) is 0 Å². The van der Waals surface area contributed by atoms with Gasteiger partial charge in [0.1, 0.15) is 24.1 Å². The molecule has 0 spiro atoms. The maximum absolute atomic E-state index is 13.1. The second-order valence-electron chi connectivity index (χ2n) is 5.44. The fourth-order valence-electron chi connectivity index (χ4n) is 2.50. The number of rotatable bonds is 8. The van der Waals surface area contributed by atoms with E-state index in [1.165, 1.54) is 18.5 Å². The molecule has 0 radical (unpaired) electrons. The first-order valence-corrected chi connectivity index (χ1v) is 7.45. The van der Waals surface area contributed by atoms with Gasteiger partial charge in [-0.25, -0.2) is 14.1 Å². The van der Waals surface area contributed by atoms with Crippen molar-refractivity contribution in [3.05, 3.63) is 48.3 Å². The molecule has 21 heavy (non-hydrogen) atoms. The van der Waals surface area contributed by atoms with Crippen molar-refractivity contribution < 1.29 is 9.50 Å². The second kappa shape index (κ2) is 7.31. The monoisotopic (exact) mass is 291 g/mol. The van der Waals surface area contributed by atoms with Gasteiger partial charge in [0.15, 0.2) is 0 Å². The van der Waals surface area contributed by atoms with Crippen LogP contribution < -0.4 is 0 Å². The first-order valence-electron chi connectivity index (χ1n) is 7.45. The molecule has 1 atom stereocenters. The average Bonchev–Trinajstić information content (AvgIpc) is 2.97. The Kier molecular flexibility index (Phi) is 5.44. The summed E-state index contributed by atoms with van der Waals surface area (Å²) in [6, 6.07) is 6.06. The van der Waals surface area contributed by atoms with Crippen LogP contribution in [0.4, 0.5) is 4.39 Å². The van der Waals surface area contributed by atoms with E-state index < -0.39 is 5.60 Å². The number of halogens is 1. The molecule has 1 unspecified atom stereocenters. The van der Waals surface area contributed by atoms with Crippen LogP contribution in [0.3, 0.4) is 0 Å². The van der Waals surface area contributed by atoms with Crippen molar-refractivity contribution in [1.82, 2.24) is 14.8 Å². The molecule has 1 aromatic heterocycles. The molecule has 0 saturated carbocycles. The number of unbranched alkanes of at least 4 members (excludes halogenated alkanes) is 3. The summed E-state index contributed by atoms with van der Waals surface area (Å²) in [6.45, 7) is 2.48. The Balaban J connectivity index is 2.14. The molecule has 0 saturated heterocycles. The molecule has 5 heteroatoms. The highest BCUT2D eigenvalue weighted by molar-refractivity contribution is 5.23. The predicted molar refractivity (Wildman–Crippen MR) is 79.1 cm³/mol. The molecule has 0 amide bonds. The van der Waals surface area contributed by atoms with E-state index in [2.05, 4.69) is 17.0 Å². The van der Waals surface area contributed by atoms with Crippen LogP contribution in [-0.2, 0) is 12.1 Å². The van der Waals surface area contributed by atoms with E-state index in [0.717, 1.165) is 31.2 Å². The molecule has 0 aliphatic rings. The third-order valence-electron chi connectivity index (χ3n) is 3.72. The van der Waals surface area contributed by atoms with Gasteiger partial charge in [0.2, 0.25) is 0 Å². The van der Waals surface area contributed by atoms with Crippen molar-refractivity contribution in [1.29, 1.82) is 0 Å². The van der Waals surface area contributed by atoms with E-state index in [0.29, 0.717) is 13.0 Å². The minimum atomic E-state index is -1.05. The minimum absolute atomic E-state index is 0.298. The Morgan fingerprint density at radius 3 is 2.57 bits per heavy atom. The van der Waals surface area contributed by atoms with Crippen LogP contribution in [0.15, 0.2) is 36.9 Å². The fraction of sp³-hybridized carbons (Fsp3) is 0.500. The molecular formula is C16H22FN3O. The lowest BCUT2D eigenvalue weighted by Crippen LogP contribution is -2.32. The van der Waals surface area contributed by atoms with Crippen LogP contribution in [0.2, 0.25) is 0 Å². The third-order valence-corrected chi connectivity index (χ3v) is 3.72. The smallest absolute Gasteiger partial charge is 0.137 e. The lowest BCUT2D eigenvalue weighted by molar-refractivity contribution is 0.00373. The molecular weight excluding hydrogens is 269 g/mol. The summed E-state index contributed by atoms with van der Waals surface area (Å²) in [6.07, 6.45) is 7.97. The van der Waals surface area contributed by atoms with E-state index in [4.69, 9.17) is 0 Å². The Bertz CT molecular complexity index is 527. The van der Waals surface area contributed by atoms with Crippen molar-refractivity contribution in [2.75, 3.05) is 0 Å². The lowest BCUT2D eigenvalue weighted by atomic mass is 9.88. The van der Waals surface area contributed by atoms with Gasteiger partial charge in [0.25, 0.3) is 0 Å². The highest BCUT2D eigenvalue weighted by Gasteiger charge is 2.29. The van der Waals surface area contributed by atoms with Gasteiger partial charge in [-0.05, 0) is 24.1 Å². The molecule has 0 bridgehead atoms. The van der Waals surface area contributed by atoms with Gasteiger partial charge >= 0.3 is 0 Å². The number of hydrogen-bond acceptors (Lipinski definition) is 3. The number of benzene rings is 1. The van der Waals surface area contributed by atoms with Crippen LogP contribution in [-0.4, -0.2) is 19.9 Å². The van der Waals surface area contributed by atoms with Gasteiger partial charge in [-0.2, -0.15) is 5.10 Å². The summed E-state index contributed by atoms with van der Waals surface area (Å²) < 4.78 is 14.7. The zero-order chi connectivity index (χ0) is 15.1. The summed E-state index contributed by atoms with van der Waals surface area (Å²) in [5.41, 5.74) is -0.328. The number of aliphatic hydroxyl groups is 1. The van der Waals surface area contributed by atoms with Gasteiger partial charge < -0.3 is 5.11 Å². The zero-order valence-electron chi connectivity index (χ0n) is 12.4. The Morgan fingerprint density at radius 2 is 1.95 bits per heavy atom. The van der Waals surface area contributed by atoms with Gasteiger partial charge in [-0.15, -0.1) is 0 Å². The predicted octanol–water partition coefficient (Wildman–Crippen LogP) is 3.28.